The zero-order valence-corrected chi connectivity index (χ0v) is 10.1. The quantitative estimate of drug-likeness (QED) is 0.837. The molecule has 2 aromatic rings. The predicted molar refractivity (Wildman–Crippen MR) is 69.6 cm³/mol. The molecule has 1 N–H and O–H groups in total. The molecule has 17 heavy (non-hydrogen) atoms. The molecule has 88 valence electrons. The summed E-state index contributed by atoms with van der Waals surface area (Å²) in [5, 5.41) is 3.23. The van der Waals surface area contributed by atoms with E-state index in [4.69, 9.17) is 0 Å². The van der Waals surface area contributed by atoms with Crippen LogP contribution in [0.3, 0.4) is 0 Å². The van der Waals surface area contributed by atoms with Crippen LogP contribution in [0, 0.1) is 19.7 Å². The van der Waals surface area contributed by atoms with Gasteiger partial charge in [0.2, 0.25) is 0 Å². The molecule has 0 amide bonds. The lowest BCUT2D eigenvalue weighted by Gasteiger charge is -2.10. The summed E-state index contributed by atoms with van der Waals surface area (Å²) in [7, 11) is 0. The van der Waals surface area contributed by atoms with Gasteiger partial charge < -0.3 is 5.32 Å². The molecule has 0 spiro atoms. The molecule has 0 aliphatic heterocycles. The van der Waals surface area contributed by atoms with Crippen molar-refractivity contribution in [3.63, 3.8) is 0 Å². The van der Waals surface area contributed by atoms with Crippen LogP contribution in [0.15, 0.2) is 42.5 Å². The lowest BCUT2D eigenvalue weighted by molar-refractivity contribution is 0.628. The molecule has 0 atom stereocenters. The van der Waals surface area contributed by atoms with E-state index in [1.165, 1.54) is 28.8 Å². The third kappa shape index (κ3) is 2.84. The Kier molecular flexibility index (Phi) is 3.43. The summed E-state index contributed by atoms with van der Waals surface area (Å²) in [5.41, 5.74) is 4.63. The number of anilines is 1. The third-order valence-corrected chi connectivity index (χ3v) is 3.02. The van der Waals surface area contributed by atoms with Gasteiger partial charge in [-0.3, -0.25) is 0 Å². The van der Waals surface area contributed by atoms with Crippen LogP contribution in [0.1, 0.15) is 16.7 Å². The Labute approximate surface area is 101 Å². The van der Waals surface area contributed by atoms with Crippen molar-refractivity contribution < 1.29 is 4.39 Å². The Bertz CT molecular complexity index is 520. The molecule has 0 heterocycles. The average Bonchev–Trinajstić information content (AvgIpc) is 2.31. The van der Waals surface area contributed by atoms with Crippen LogP contribution in [0.4, 0.5) is 10.1 Å². The maximum Gasteiger partial charge on any atom is 0.125 e. The van der Waals surface area contributed by atoms with E-state index >= 15 is 0 Å². The molecule has 0 saturated carbocycles. The summed E-state index contributed by atoms with van der Waals surface area (Å²) in [4.78, 5) is 0. The zero-order chi connectivity index (χ0) is 12.3. The number of hydrogen-bond acceptors (Lipinski definition) is 1. The Morgan fingerprint density at radius 2 is 1.82 bits per heavy atom. The molecular formula is C15H16FN. The minimum absolute atomic E-state index is 0.212. The van der Waals surface area contributed by atoms with Gasteiger partial charge in [0.15, 0.2) is 0 Å². The highest BCUT2D eigenvalue weighted by atomic mass is 19.1. The molecule has 2 heteroatoms. The first-order chi connectivity index (χ1) is 8.16. The Morgan fingerprint density at radius 3 is 2.59 bits per heavy atom. The molecule has 2 rings (SSSR count). The first-order valence-corrected chi connectivity index (χ1v) is 5.71. The summed E-state index contributed by atoms with van der Waals surface area (Å²) in [6.07, 6.45) is 0. The number of halogens is 1. The number of hydrogen-bond donors (Lipinski definition) is 1. The van der Waals surface area contributed by atoms with E-state index in [0.717, 1.165) is 12.2 Å². The second-order valence-electron chi connectivity index (χ2n) is 4.22. The van der Waals surface area contributed by atoms with Crippen LogP contribution in [-0.2, 0) is 6.54 Å². The third-order valence-electron chi connectivity index (χ3n) is 3.02. The Morgan fingerprint density at radius 1 is 1.06 bits per heavy atom. The van der Waals surface area contributed by atoms with Crippen molar-refractivity contribution in [2.45, 2.75) is 20.4 Å². The van der Waals surface area contributed by atoms with Gasteiger partial charge in [-0.15, -0.1) is 0 Å². The summed E-state index contributed by atoms with van der Waals surface area (Å²) in [5.74, 6) is -0.212. The van der Waals surface area contributed by atoms with Crippen molar-refractivity contribution in [1.29, 1.82) is 0 Å². The molecule has 1 nitrogen and oxygen atoms in total. The highest BCUT2D eigenvalue weighted by Gasteiger charge is 2.00. The van der Waals surface area contributed by atoms with Crippen LogP contribution in [0.25, 0.3) is 0 Å². The van der Waals surface area contributed by atoms with Gasteiger partial charge in [0.25, 0.3) is 0 Å². The topological polar surface area (TPSA) is 12.0 Å². The van der Waals surface area contributed by atoms with E-state index < -0.39 is 0 Å². The number of aryl methyl sites for hydroxylation is 1. The second kappa shape index (κ2) is 5.00. The molecule has 0 bridgehead atoms. The molecule has 0 aliphatic carbocycles. The maximum atomic E-state index is 13.0. The van der Waals surface area contributed by atoms with Gasteiger partial charge >= 0.3 is 0 Å². The fourth-order valence-corrected chi connectivity index (χ4v) is 1.80. The van der Waals surface area contributed by atoms with E-state index in [2.05, 4.69) is 31.3 Å². The van der Waals surface area contributed by atoms with Gasteiger partial charge in [-0.2, -0.15) is 0 Å². The normalized spacial score (nSPS) is 10.3. The fraction of sp³-hybridized carbons (Fsp3) is 0.200. The van der Waals surface area contributed by atoms with Crippen LogP contribution >= 0.6 is 0 Å². The van der Waals surface area contributed by atoms with Gasteiger partial charge in [-0.1, -0.05) is 24.3 Å². The molecule has 2 aromatic carbocycles. The first-order valence-electron chi connectivity index (χ1n) is 5.71. The monoisotopic (exact) mass is 229 g/mol. The molecule has 0 saturated heterocycles. The highest BCUT2D eigenvalue weighted by molar-refractivity contribution is 5.45. The van der Waals surface area contributed by atoms with Crippen molar-refractivity contribution in [3.8, 4) is 0 Å². The van der Waals surface area contributed by atoms with Gasteiger partial charge in [0, 0.05) is 12.2 Å². The van der Waals surface area contributed by atoms with Gasteiger partial charge in [0.1, 0.15) is 5.82 Å². The minimum Gasteiger partial charge on any atom is -0.381 e. The summed E-state index contributed by atoms with van der Waals surface area (Å²) < 4.78 is 13.0. The van der Waals surface area contributed by atoms with E-state index in [1.54, 1.807) is 6.07 Å². The number of benzene rings is 2. The van der Waals surface area contributed by atoms with E-state index in [9.17, 15) is 4.39 Å². The first kappa shape index (κ1) is 11.6. The predicted octanol–water partition coefficient (Wildman–Crippen LogP) is 4.05. The van der Waals surface area contributed by atoms with Crippen molar-refractivity contribution in [1.82, 2.24) is 0 Å². The van der Waals surface area contributed by atoms with E-state index in [0.29, 0.717) is 0 Å². The van der Waals surface area contributed by atoms with Crippen molar-refractivity contribution in [2.24, 2.45) is 0 Å². The molecule has 0 aromatic heterocycles. The zero-order valence-electron chi connectivity index (χ0n) is 10.1. The average molecular weight is 229 g/mol. The molecule has 0 fully saturated rings. The van der Waals surface area contributed by atoms with Crippen molar-refractivity contribution in [3.05, 3.63) is 65.0 Å². The summed E-state index contributed by atoms with van der Waals surface area (Å²) >= 11 is 0. The van der Waals surface area contributed by atoms with Crippen LogP contribution < -0.4 is 5.32 Å². The fourth-order valence-electron chi connectivity index (χ4n) is 1.80. The molecule has 0 aliphatic rings. The molecular weight excluding hydrogens is 213 g/mol. The molecule has 0 unspecified atom stereocenters. The van der Waals surface area contributed by atoms with E-state index in [-0.39, 0.29) is 5.82 Å². The van der Waals surface area contributed by atoms with E-state index in [1.807, 2.05) is 12.1 Å². The Balaban J connectivity index is 2.10. The smallest absolute Gasteiger partial charge is 0.125 e. The lowest BCUT2D eigenvalue weighted by atomic mass is 10.0. The van der Waals surface area contributed by atoms with Crippen LogP contribution in [0.2, 0.25) is 0 Å². The largest absolute Gasteiger partial charge is 0.381 e. The number of nitrogens with one attached hydrogen (secondary N) is 1. The highest BCUT2D eigenvalue weighted by Crippen LogP contribution is 2.15. The van der Waals surface area contributed by atoms with Crippen molar-refractivity contribution in [2.75, 3.05) is 5.32 Å². The molecule has 0 radical (unpaired) electrons. The maximum absolute atomic E-state index is 13.0. The van der Waals surface area contributed by atoms with Crippen molar-refractivity contribution >= 4 is 5.69 Å². The van der Waals surface area contributed by atoms with Gasteiger partial charge in [0.05, 0.1) is 0 Å². The minimum atomic E-state index is -0.212. The van der Waals surface area contributed by atoms with Gasteiger partial charge in [-0.05, 0) is 48.7 Å². The standard InChI is InChI=1S/C15H16FN/c1-11-5-3-6-13(12(11)2)10-17-15-8-4-7-14(16)9-15/h3-9,17H,10H2,1-2H3. The number of rotatable bonds is 3. The van der Waals surface area contributed by atoms with Gasteiger partial charge in [-0.25, -0.2) is 4.39 Å². The van der Waals surface area contributed by atoms with Crippen LogP contribution in [0.5, 0.6) is 0 Å². The lowest BCUT2D eigenvalue weighted by Crippen LogP contribution is -2.02. The van der Waals surface area contributed by atoms with Crippen LogP contribution in [-0.4, -0.2) is 0 Å². The summed E-state index contributed by atoms with van der Waals surface area (Å²) in [6.45, 7) is 4.93. The SMILES string of the molecule is Cc1cccc(CNc2cccc(F)c2)c1C. The second-order valence-corrected chi connectivity index (χ2v) is 4.22. The summed E-state index contributed by atoms with van der Waals surface area (Å²) in [6, 6.07) is 12.8. The Hall–Kier alpha value is -1.83.